The molecule has 0 bridgehead atoms. The van der Waals surface area contributed by atoms with Crippen LogP contribution in [0.2, 0.25) is 0 Å². The highest BCUT2D eigenvalue weighted by molar-refractivity contribution is 5.55. The van der Waals surface area contributed by atoms with E-state index in [1.165, 1.54) is 12.1 Å². The summed E-state index contributed by atoms with van der Waals surface area (Å²) >= 11 is 0. The van der Waals surface area contributed by atoms with Crippen LogP contribution in [-0.2, 0) is 6.18 Å². The summed E-state index contributed by atoms with van der Waals surface area (Å²) in [4.78, 5) is 3.86. The summed E-state index contributed by atoms with van der Waals surface area (Å²) < 4.78 is 42.0. The topological polar surface area (TPSA) is 38.9 Å². The van der Waals surface area contributed by atoms with Gasteiger partial charge in [0.1, 0.15) is 0 Å². The van der Waals surface area contributed by atoms with Gasteiger partial charge >= 0.3 is 6.18 Å². The highest BCUT2D eigenvalue weighted by atomic mass is 19.4. The molecule has 1 aromatic heterocycles. The van der Waals surface area contributed by atoms with Gasteiger partial charge in [-0.05, 0) is 12.1 Å². The quantitative estimate of drug-likeness (QED) is 0.752. The Morgan fingerprint density at radius 2 is 2.00 bits per heavy atom. The smallest absolute Gasteiger partial charge is 0.339 e. The van der Waals surface area contributed by atoms with Gasteiger partial charge in [0.25, 0.3) is 0 Å². The second-order valence-corrected chi connectivity index (χ2v) is 3.22. The van der Waals surface area contributed by atoms with Gasteiger partial charge in [0.15, 0.2) is 0 Å². The second-order valence-electron chi connectivity index (χ2n) is 3.22. The summed E-state index contributed by atoms with van der Waals surface area (Å²) in [5, 5.41) is 3.56. The first-order valence-corrected chi connectivity index (χ1v) is 4.45. The lowest BCUT2D eigenvalue weighted by Crippen LogP contribution is -2.04. The number of benzene rings is 1. The predicted molar refractivity (Wildman–Crippen MR) is 49.5 cm³/mol. The Balaban J connectivity index is 2.44. The van der Waals surface area contributed by atoms with Crippen molar-refractivity contribution in [3.63, 3.8) is 0 Å². The molecule has 84 valence electrons. The second kappa shape index (κ2) is 3.62. The van der Waals surface area contributed by atoms with Crippen molar-refractivity contribution in [1.82, 2.24) is 10.1 Å². The van der Waals surface area contributed by atoms with E-state index in [9.17, 15) is 13.2 Å². The molecule has 0 aliphatic rings. The lowest BCUT2D eigenvalue weighted by molar-refractivity contribution is -0.137. The monoisotopic (exact) mass is 228 g/mol. The third kappa shape index (κ3) is 2.05. The molecule has 6 heteroatoms. The van der Waals surface area contributed by atoms with Crippen LogP contribution in [0.1, 0.15) is 11.5 Å². The minimum Gasteiger partial charge on any atom is -0.339 e. The maximum atomic E-state index is 12.4. The third-order valence-electron chi connectivity index (χ3n) is 1.98. The number of alkyl halides is 3. The fourth-order valence-electron chi connectivity index (χ4n) is 1.25. The molecule has 0 saturated carbocycles. The zero-order valence-corrected chi connectivity index (χ0v) is 8.25. The minimum absolute atomic E-state index is 0.156. The fraction of sp³-hybridized carbons (Fsp3) is 0.200. The van der Waals surface area contributed by atoms with E-state index >= 15 is 0 Å². The van der Waals surface area contributed by atoms with E-state index < -0.39 is 11.7 Å². The predicted octanol–water partition coefficient (Wildman–Crippen LogP) is 3.06. The van der Waals surface area contributed by atoms with Crippen LogP contribution in [0, 0.1) is 6.92 Å². The van der Waals surface area contributed by atoms with Crippen LogP contribution in [0.15, 0.2) is 28.8 Å². The van der Waals surface area contributed by atoms with E-state index in [2.05, 4.69) is 10.1 Å². The van der Waals surface area contributed by atoms with Crippen LogP contribution >= 0.6 is 0 Å². The Labute approximate surface area is 88.9 Å². The van der Waals surface area contributed by atoms with Crippen molar-refractivity contribution in [2.75, 3.05) is 0 Å². The number of rotatable bonds is 1. The molecule has 0 aliphatic heterocycles. The van der Waals surface area contributed by atoms with Gasteiger partial charge in [0.05, 0.1) is 5.56 Å². The van der Waals surface area contributed by atoms with Gasteiger partial charge in [0, 0.05) is 12.5 Å². The zero-order valence-electron chi connectivity index (χ0n) is 8.25. The molecule has 0 atom stereocenters. The molecule has 0 aliphatic carbocycles. The summed E-state index contributed by atoms with van der Waals surface area (Å²) in [7, 11) is 0. The van der Waals surface area contributed by atoms with Crippen LogP contribution in [0.4, 0.5) is 13.2 Å². The van der Waals surface area contributed by atoms with Gasteiger partial charge in [-0.25, -0.2) is 0 Å². The molecule has 0 N–H and O–H groups in total. The van der Waals surface area contributed by atoms with Crippen molar-refractivity contribution in [2.45, 2.75) is 13.1 Å². The first kappa shape index (κ1) is 10.7. The molecular weight excluding hydrogens is 221 g/mol. The molecule has 1 heterocycles. The standard InChI is InChI=1S/C10H7F3N2O/c1-6-14-9(15-16-6)7-3-2-4-8(5-7)10(11,12)13/h2-5H,1H3. The SMILES string of the molecule is Cc1nc(-c2cccc(C(F)(F)F)c2)no1. The number of hydrogen-bond acceptors (Lipinski definition) is 3. The van der Waals surface area contributed by atoms with Crippen molar-refractivity contribution < 1.29 is 17.7 Å². The van der Waals surface area contributed by atoms with Crippen molar-refractivity contribution in [3.05, 3.63) is 35.7 Å². The largest absolute Gasteiger partial charge is 0.416 e. The number of nitrogens with zero attached hydrogens (tertiary/aromatic N) is 2. The summed E-state index contributed by atoms with van der Waals surface area (Å²) in [6.07, 6.45) is -4.37. The van der Waals surface area contributed by atoms with E-state index in [1.807, 2.05) is 0 Å². The van der Waals surface area contributed by atoms with Crippen LogP contribution in [-0.4, -0.2) is 10.1 Å². The van der Waals surface area contributed by atoms with Gasteiger partial charge in [0.2, 0.25) is 11.7 Å². The molecule has 0 saturated heterocycles. The summed E-state index contributed by atoms with van der Waals surface area (Å²) in [6, 6.07) is 4.80. The number of hydrogen-bond donors (Lipinski definition) is 0. The van der Waals surface area contributed by atoms with Gasteiger partial charge < -0.3 is 4.52 Å². The Morgan fingerprint density at radius 3 is 2.56 bits per heavy atom. The average molecular weight is 228 g/mol. The molecule has 0 radical (unpaired) electrons. The number of aryl methyl sites for hydroxylation is 1. The lowest BCUT2D eigenvalue weighted by Gasteiger charge is -2.06. The molecule has 2 rings (SSSR count). The van der Waals surface area contributed by atoms with Crippen LogP contribution < -0.4 is 0 Å². The van der Waals surface area contributed by atoms with E-state index in [1.54, 1.807) is 6.92 Å². The molecular formula is C10H7F3N2O. The lowest BCUT2D eigenvalue weighted by atomic mass is 10.1. The minimum atomic E-state index is -4.37. The molecule has 16 heavy (non-hydrogen) atoms. The molecule has 0 fully saturated rings. The van der Waals surface area contributed by atoms with Gasteiger partial charge in [-0.2, -0.15) is 18.2 Å². The van der Waals surface area contributed by atoms with Gasteiger partial charge in [-0.15, -0.1) is 0 Å². The van der Waals surface area contributed by atoms with Crippen LogP contribution in [0.5, 0.6) is 0 Å². The highest BCUT2D eigenvalue weighted by Gasteiger charge is 2.30. The first-order valence-electron chi connectivity index (χ1n) is 4.45. The molecule has 2 aromatic rings. The first-order chi connectivity index (χ1) is 7.47. The van der Waals surface area contributed by atoms with Crippen molar-refractivity contribution in [1.29, 1.82) is 0 Å². The van der Waals surface area contributed by atoms with E-state index in [-0.39, 0.29) is 11.4 Å². The van der Waals surface area contributed by atoms with Gasteiger partial charge in [-0.3, -0.25) is 0 Å². The van der Waals surface area contributed by atoms with E-state index in [0.29, 0.717) is 5.89 Å². The maximum absolute atomic E-state index is 12.4. The van der Waals surface area contributed by atoms with Crippen LogP contribution in [0.25, 0.3) is 11.4 Å². The zero-order chi connectivity index (χ0) is 11.8. The molecule has 0 spiro atoms. The molecule has 1 aromatic carbocycles. The summed E-state index contributed by atoms with van der Waals surface area (Å²) in [5.41, 5.74) is -0.445. The maximum Gasteiger partial charge on any atom is 0.416 e. The third-order valence-corrected chi connectivity index (χ3v) is 1.98. The van der Waals surface area contributed by atoms with Crippen molar-refractivity contribution in [2.24, 2.45) is 0 Å². The van der Waals surface area contributed by atoms with Gasteiger partial charge in [-0.1, -0.05) is 17.3 Å². The van der Waals surface area contributed by atoms with Crippen molar-refractivity contribution >= 4 is 0 Å². The molecule has 0 unspecified atom stereocenters. The molecule has 3 nitrogen and oxygen atoms in total. The number of halogens is 3. The Bertz CT molecular complexity index is 505. The van der Waals surface area contributed by atoms with Crippen molar-refractivity contribution in [3.8, 4) is 11.4 Å². The Morgan fingerprint density at radius 1 is 1.25 bits per heavy atom. The normalized spacial score (nSPS) is 11.8. The van der Waals surface area contributed by atoms with E-state index in [4.69, 9.17) is 4.52 Å². The number of aromatic nitrogens is 2. The Hall–Kier alpha value is -1.85. The summed E-state index contributed by atoms with van der Waals surface area (Å²) in [6.45, 7) is 1.57. The Kier molecular flexibility index (Phi) is 2.41. The van der Waals surface area contributed by atoms with Crippen LogP contribution in [0.3, 0.4) is 0 Å². The molecule has 0 amide bonds. The highest BCUT2D eigenvalue weighted by Crippen LogP contribution is 2.31. The average Bonchev–Trinajstić information content (AvgIpc) is 2.64. The van der Waals surface area contributed by atoms with E-state index in [0.717, 1.165) is 12.1 Å². The fourth-order valence-corrected chi connectivity index (χ4v) is 1.25. The summed E-state index contributed by atoms with van der Waals surface area (Å²) in [5.74, 6) is 0.469.